The Labute approximate surface area is 88.6 Å². The van der Waals surface area contributed by atoms with Crippen LogP contribution in [0.2, 0.25) is 0 Å². The highest BCUT2D eigenvalue weighted by atomic mass is 16.1. The molecule has 0 aliphatic carbocycles. The minimum atomic E-state index is 0.689. The molecular weight excluding hydrogens is 172 g/mol. The zero-order chi connectivity index (χ0) is 10.8. The van der Waals surface area contributed by atoms with E-state index < -0.39 is 0 Å². The molecule has 1 nitrogen and oxygen atoms in total. The van der Waals surface area contributed by atoms with E-state index in [1.54, 1.807) is 0 Å². The van der Waals surface area contributed by atoms with Crippen LogP contribution in [0.4, 0.5) is 0 Å². The highest BCUT2D eigenvalue weighted by Gasteiger charge is 1.98. The van der Waals surface area contributed by atoms with Gasteiger partial charge in [0.1, 0.15) is 6.29 Å². The number of carbonyl (C=O) groups excluding carboxylic acids is 1. The van der Waals surface area contributed by atoms with Crippen molar-refractivity contribution in [2.24, 2.45) is 5.92 Å². The van der Waals surface area contributed by atoms with Crippen LogP contribution in [0, 0.1) is 5.92 Å². The van der Waals surface area contributed by atoms with Crippen molar-refractivity contribution in [2.45, 2.75) is 59.3 Å². The smallest absolute Gasteiger partial charge is 0.145 e. The van der Waals surface area contributed by atoms with Crippen LogP contribution in [-0.2, 0) is 4.79 Å². The molecule has 0 spiro atoms. The van der Waals surface area contributed by atoms with Gasteiger partial charge in [-0.3, -0.25) is 4.79 Å². The van der Waals surface area contributed by atoms with Gasteiger partial charge in [0.25, 0.3) is 0 Å². The zero-order valence-electron chi connectivity index (χ0n) is 9.88. The fourth-order valence-corrected chi connectivity index (χ4v) is 1.35. The predicted molar refractivity (Wildman–Crippen MR) is 62.4 cm³/mol. The zero-order valence-corrected chi connectivity index (χ0v) is 9.88. The van der Waals surface area contributed by atoms with Gasteiger partial charge in [-0.05, 0) is 37.2 Å². The summed E-state index contributed by atoms with van der Waals surface area (Å²) in [6.45, 7) is 6.59. The number of hydrogen-bond donors (Lipinski definition) is 0. The van der Waals surface area contributed by atoms with Gasteiger partial charge in [-0.15, -0.1) is 0 Å². The average molecular weight is 196 g/mol. The highest BCUT2D eigenvalue weighted by molar-refractivity contribution is 5.72. The molecule has 0 amide bonds. The maximum absolute atomic E-state index is 10.7. The van der Waals surface area contributed by atoms with Crippen molar-refractivity contribution in [1.29, 1.82) is 0 Å². The SMILES string of the molecule is CCCCC/C=C(\C=O)CCC(C)C. The first-order chi connectivity index (χ1) is 6.70. The van der Waals surface area contributed by atoms with E-state index in [2.05, 4.69) is 26.8 Å². The summed E-state index contributed by atoms with van der Waals surface area (Å²) in [7, 11) is 0. The molecule has 0 unspecified atom stereocenters. The third-order valence-corrected chi connectivity index (χ3v) is 2.38. The molecule has 0 saturated heterocycles. The molecule has 0 fully saturated rings. The number of allylic oxidation sites excluding steroid dienone is 2. The second-order valence-electron chi connectivity index (χ2n) is 4.33. The molecule has 0 saturated carbocycles. The van der Waals surface area contributed by atoms with E-state index in [0.29, 0.717) is 5.92 Å². The third kappa shape index (κ3) is 8.03. The number of rotatable bonds is 8. The summed E-state index contributed by atoms with van der Waals surface area (Å²) in [5, 5.41) is 0. The van der Waals surface area contributed by atoms with Crippen LogP contribution in [0.1, 0.15) is 59.3 Å². The standard InChI is InChI=1S/C13H24O/c1-4-5-6-7-8-13(11-14)10-9-12(2)3/h8,11-12H,4-7,9-10H2,1-3H3/b13-8-. The molecule has 1 heteroatoms. The van der Waals surface area contributed by atoms with E-state index in [1.807, 2.05) is 0 Å². The topological polar surface area (TPSA) is 17.1 Å². The van der Waals surface area contributed by atoms with Crippen molar-refractivity contribution in [1.82, 2.24) is 0 Å². The quantitative estimate of drug-likeness (QED) is 0.324. The van der Waals surface area contributed by atoms with Gasteiger partial charge in [-0.25, -0.2) is 0 Å². The van der Waals surface area contributed by atoms with Crippen LogP contribution in [0.25, 0.3) is 0 Å². The van der Waals surface area contributed by atoms with Crippen LogP contribution >= 0.6 is 0 Å². The van der Waals surface area contributed by atoms with Gasteiger partial charge < -0.3 is 0 Å². The lowest BCUT2D eigenvalue weighted by Gasteiger charge is -2.03. The molecule has 0 aliphatic rings. The molecule has 0 bridgehead atoms. The van der Waals surface area contributed by atoms with Gasteiger partial charge in [-0.2, -0.15) is 0 Å². The number of carbonyl (C=O) groups is 1. The minimum Gasteiger partial charge on any atom is -0.298 e. The molecule has 0 aromatic carbocycles. The molecule has 14 heavy (non-hydrogen) atoms. The molecule has 0 heterocycles. The molecule has 0 aromatic heterocycles. The van der Waals surface area contributed by atoms with Crippen molar-refractivity contribution in [3.8, 4) is 0 Å². The largest absolute Gasteiger partial charge is 0.298 e. The van der Waals surface area contributed by atoms with Crippen LogP contribution in [-0.4, -0.2) is 6.29 Å². The first-order valence-corrected chi connectivity index (χ1v) is 5.84. The Bertz CT molecular complexity index is 168. The van der Waals surface area contributed by atoms with Crippen LogP contribution in [0.15, 0.2) is 11.6 Å². The van der Waals surface area contributed by atoms with E-state index in [-0.39, 0.29) is 0 Å². The Kier molecular flexibility index (Phi) is 8.61. The molecular formula is C13H24O. The Morgan fingerprint density at radius 2 is 2.00 bits per heavy atom. The molecule has 0 radical (unpaired) electrons. The molecule has 0 aromatic rings. The summed E-state index contributed by atoms with van der Waals surface area (Å²) >= 11 is 0. The highest BCUT2D eigenvalue weighted by Crippen LogP contribution is 2.11. The predicted octanol–water partition coefficient (Wildman–Crippen LogP) is 4.13. The van der Waals surface area contributed by atoms with Gasteiger partial charge in [-0.1, -0.05) is 39.7 Å². The Hall–Kier alpha value is -0.590. The molecule has 0 rings (SSSR count). The fourth-order valence-electron chi connectivity index (χ4n) is 1.35. The Morgan fingerprint density at radius 3 is 2.50 bits per heavy atom. The lowest BCUT2D eigenvalue weighted by atomic mass is 10.0. The van der Waals surface area contributed by atoms with E-state index in [4.69, 9.17) is 0 Å². The van der Waals surface area contributed by atoms with E-state index >= 15 is 0 Å². The first kappa shape index (κ1) is 13.4. The van der Waals surface area contributed by atoms with Gasteiger partial charge in [0.15, 0.2) is 0 Å². The Morgan fingerprint density at radius 1 is 1.29 bits per heavy atom. The van der Waals surface area contributed by atoms with Crippen LogP contribution < -0.4 is 0 Å². The van der Waals surface area contributed by atoms with Crippen molar-refractivity contribution in [3.63, 3.8) is 0 Å². The van der Waals surface area contributed by atoms with Gasteiger partial charge in [0.05, 0.1) is 0 Å². The van der Waals surface area contributed by atoms with Crippen LogP contribution in [0.3, 0.4) is 0 Å². The summed E-state index contributed by atoms with van der Waals surface area (Å²) in [6, 6.07) is 0. The average Bonchev–Trinajstić information content (AvgIpc) is 2.16. The summed E-state index contributed by atoms with van der Waals surface area (Å²) in [5.41, 5.74) is 0.995. The maximum Gasteiger partial charge on any atom is 0.145 e. The van der Waals surface area contributed by atoms with E-state index in [9.17, 15) is 4.79 Å². The van der Waals surface area contributed by atoms with E-state index in [0.717, 1.165) is 31.1 Å². The van der Waals surface area contributed by atoms with Crippen molar-refractivity contribution >= 4 is 6.29 Å². The minimum absolute atomic E-state index is 0.689. The first-order valence-electron chi connectivity index (χ1n) is 5.84. The number of aldehydes is 1. The second kappa shape index (κ2) is 8.98. The summed E-state index contributed by atoms with van der Waals surface area (Å²) < 4.78 is 0. The van der Waals surface area contributed by atoms with Gasteiger partial charge >= 0.3 is 0 Å². The molecule has 0 aliphatic heterocycles. The summed E-state index contributed by atoms with van der Waals surface area (Å²) in [4.78, 5) is 10.7. The number of unbranched alkanes of at least 4 members (excludes halogenated alkanes) is 3. The van der Waals surface area contributed by atoms with Crippen molar-refractivity contribution < 1.29 is 4.79 Å². The lowest BCUT2D eigenvalue weighted by molar-refractivity contribution is -0.105. The molecule has 82 valence electrons. The van der Waals surface area contributed by atoms with Crippen molar-refractivity contribution in [2.75, 3.05) is 0 Å². The monoisotopic (exact) mass is 196 g/mol. The van der Waals surface area contributed by atoms with Crippen molar-refractivity contribution in [3.05, 3.63) is 11.6 Å². The second-order valence-corrected chi connectivity index (χ2v) is 4.33. The van der Waals surface area contributed by atoms with Gasteiger partial charge in [0, 0.05) is 0 Å². The summed E-state index contributed by atoms with van der Waals surface area (Å²) in [5.74, 6) is 0.689. The normalized spacial score (nSPS) is 12.1. The molecule has 0 N–H and O–H groups in total. The van der Waals surface area contributed by atoms with Gasteiger partial charge in [0.2, 0.25) is 0 Å². The van der Waals surface area contributed by atoms with E-state index in [1.165, 1.54) is 19.3 Å². The van der Waals surface area contributed by atoms with Crippen LogP contribution in [0.5, 0.6) is 0 Å². The molecule has 0 atom stereocenters. The fraction of sp³-hybridized carbons (Fsp3) is 0.769. The maximum atomic E-state index is 10.7. The number of hydrogen-bond acceptors (Lipinski definition) is 1. The lowest BCUT2D eigenvalue weighted by Crippen LogP contribution is -1.91. The third-order valence-electron chi connectivity index (χ3n) is 2.38. The summed E-state index contributed by atoms with van der Waals surface area (Å²) in [6.07, 6.45) is 10.0. The Balaban J connectivity index is 3.69.